The van der Waals surface area contributed by atoms with E-state index in [0.717, 1.165) is 30.4 Å². The molecule has 0 spiro atoms. The van der Waals surface area contributed by atoms with Crippen LogP contribution in [-0.4, -0.2) is 44.4 Å². The molecular weight excluding hydrogens is 478 g/mol. The Morgan fingerprint density at radius 3 is 2.53 bits per heavy atom. The van der Waals surface area contributed by atoms with Gasteiger partial charge in [-0.15, -0.1) is 0 Å². The van der Waals surface area contributed by atoms with Crippen molar-refractivity contribution in [2.75, 3.05) is 26.1 Å². The molecule has 1 aliphatic rings. The van der Waals surface area contributed by atoms with Crippen LogP contribution in [0.2, 0.25) is 0 Å². The molecule has 3 aromatic rings. The fourth-order valence-electron chi connectivity index (χ4n) is 4.26. The molecule has 1 amide bonds. The summed E-state index contributed by atoms with van der Waals surface area (Å²) in [6.07, 6.45) is 9.01. The molecule has 9 heteroatoms. The molecule has 0 saturated carbocycles. The van der Waals surface area contributed by atoms with Crippen molar-refractivity contribution < 1.29 is 22.7 Å². The first kappa shape index (κ1) is 25.4. The first-order chi connectivity index (χ1) is 17.4. The molecule has 0 aliphatic carbocycles. The van der Waals surface area contributed by atoms with Crippen LogP contribution in [0.25, 0.3) is 6.08 Å². The largest absolute Gasteiger partial charge is 0.493 e. The SMILES string of the molecule is COc1ccc(C=CC(=O)Nc2ccc(S(=O)(=O)N3CCCCC3c3cccnc3)cc2)cc1OC. The number of aromatic nitrogens is 1. The molecule has 1 saturated heterocycles. The van der Waals surface area contributed by atoms with Crippen LogP contribution in [0.15, 0.2) is 78.0 Å². The second-order valence-corrected chi connectivity index (χ2v) is 10.3. The predicted molar refractivity (Wildman–Crippen MR) is 138 cm³/mol. The van der Waals surface area contributed by atoms with Gasteiger partial charge in [-0.25, -0.2) is 8.42 Å². The van der Waals surface area contributed by atoms with Crippen molar-refractivity contribution in [2.45, 2.75) is 30.2 Å². The summed E-state index contributed by atoms with van der Waals surface area (Å²) in [5, 5.41) is 2.76. The van der Waals surface area contributed by atoms with Crippen LogP contribution in [0.3, 0.4) is 0 Å². The van der Waals surface area contributed by atoms with Crippen molar-refractivity contribution in [2.24, 2.45) is 0 Å². The summed E-state index contributed by atoms with van der Waals surface area (Å²) in [5.74, 6) is 0.829. The minimum absolute atomic E-state index is 0.192. The average molecular weight is 508 g/mol. The van der Waals surface area contributed by atoms with E-state index in [1.807, 2.05) is 18.2 Å². The number of piperidine rings is 1. The maximum Gasteiger partial charge on any atom is 0.248 e. The number of sulfonamides is 1. The van der Waals surface area contributed by atoms with Gasteiger partial charge in [-0.05, 0) is 72.5 Å². The third-order valence-corrected chi connectivity index (χ3v) is 8.01. The lowest BCUT2D eigenvalue weighted by atomic mass is 9.99. The number of nitrogens with one attached hydrogen (secondary N) is 1. The van der Waals surface area contributed by atoms with Crippen LogP contribution < -0.4 is 14.8 Å². The summed E-state index contributed by atoms with van der Waals surface area (Å²) in [6.45, 7) is 0.460. The minimum Gasteiger partial charge on any atom is -0.493 e. The number of rotatable bonds is 8. The molecule has 1 atom stereocenters. The maximum atomic E-state index is 13.4. The van der Waals surface area contributed by atoms with Gasteiger partial charge in [-0.2, -0.15) is 4.31 Å². The third-order valence-electron chi connectivity index (χ3n) is 6.09. The number of nitrogens with zero attached hydrogens (tertiary/aromatic N) is 2. The van der Waals surface area contributed by atoms with Gasteiger partial charge in [-0.3, -0.25) is 9.78 Å². The van der Waals surface area contributed by atoms with Crippen molar-refractivity contribution in [3.05, 3.63) is 84.2 Å². The second kappa shape index (κ2) is 11.4. The molecule has 36 heavy (non-hydrogen) atoms. The second-order valence-electron chi connectivity index (χ2n) is 8.38. The van der Waals surface area contributed by atoms with Gasteiger partial charge in [-0.1, -0.05) is 18.6 Å². The van der Waals surface area contributed by atoms with Gasteiger partial charge in [0.2, 0.25) is 15.9 Å². The predicted octanol–water partition coefficient (Wildman–Crippen LogP) is 4.67. The van der Waals surface area contributed by atoms with Gasteiger partial charge < -0.3 is 14.8 Å². The highest BCUT2D eigenvalue weighted by atomic mass is 32.2. The number of carbonyl (C=O) groups excluding carboxylic acids is 1. The van der Waals surface area contributed by atoms with E-state index >= 15 is 0 Å². The molecule has 1 aromatic heterocycles. The molecule has 0 bridgehead atoms. The quantitative estimate of drug-likeness (QED) is 0.445. The standard InChI is InChI=1S/C27H29N3O5S/c1-34-25-14-8-20(18-26(25)35-2)9-15-27(31)29-22-10-12-23(13-11-22)36(32,33)30-17-4-3-7-24(30)21-6-5-16-28-19-21/h5-6,8-16,18-19,24H,3-4,7,17H2,1-2H3,(H,29,31). The smallest absolute Gasteiger partial charge is 0.248 e. The summed E-state index contributed by atoms with van der Waals surface area (Å²) in [7, 11) is -0.600. The van der Waals surface area contributed by atoms with Crippen LogP contribution in [-0.2, 0) is 14.8 Å². The van der Waals surface area contributed by atoms with Gasteiger partial charge in [0.15, 0.2) is 11.5 Å². The molecule has 2 heterocycles. The number of pyridine rings is 1. The zero-order valence-corrected chi connectivity index (χ0v) is 21.1. The van der Waals surface area contributed by atoms with Crippen molar-refractivity contribution in [3.63, 3.8) is 0 Å². The number of carbonyl (C=O) groups is 1. The van der Waals surface area contributed by atoms with E-state index < -0.39 is 10.0 Å². The van der Waals surface area contributed by atoms with Gasteiger partial charge in [0.1, 0.15) is 0 Å². The molecule has 2 aromatic carbocycles. The van der Waals surface area contributed by atoms with Crippen molar-refractivity contribution in [3.8, 4) is 11.5 Å². The Balaban J connectivity index is 1.44. The van der Waals surface area contributed by atoms with Crippen LogP contribution in [0, 0.1) is 0 Å². The third kappa shape index (κ3) is 5.75. The number of hydrogen-bond donors (Lipinski definition) is 1. The fourth-order valence-corrected chi connectivity index (χ4v) is 5.94. The molecule has 188 valence electrons. The first-order valence-corrected chi connectivity index (χ1v) is 13.1. The molecule has 0 radical (unpaired) electrons. The molecule has 1 unspecified atom stereocenters. The lowest BCUT2D eigenvalue weighted by Gasteiger charge is -2.34. The number of ether oxygens (including phenoxy) is 2. The Hall–Kier alpha value is -3.69. The van der Waals surface area contributed by atoms with E-state index in [1.54, 1.807) is 61.3 Å². The molecule has 8 nitrogen and oxygen atoms in total. The maximum absolute atomic E-state index is 13.4. The summed E-state index contributed by atoms with van der Waals surface area (Å²) < 4.78 is 39.0. The van der Waals surface area contributed by atoms with Gasteiger partial charge in [0, 0.05) is 30.7 Å². The summed E-state index contributed by atoms with van der Waals surface area (Å²) in [5.41, 5.74) is 2.17. The Labute approximate surface area is 211 Å². The Morgan fingerprint density at radius 1 is 1.06 bits per heavy atom. The zero-order valence-electron chi connectivity index (χ0n) is 20.3. The fraction of sp³-hybridized carbons (Fsp3) is 0.259. The highest BCUT2D eigenvalue weighted by Gasteiger charge is 2.34. The average Bonchev–Trinajstić information content (AvgIpc) is 2.92. The van der Waals surface area contributed by atoms with E-state index in [2.05, 4.69) is 10.3 Å². The summed E-state index contributed by atoms with van der Waals surface area (Å²) in [4.78, 5) is 16.8. The van der Waals surface area contributed by atoms with E-state index in [9.17, 15) is 13.2 Å². The van der Waals surface area contributed by atoms with E-state index in [0.29, 0.717) is 23.7 Å². The number of anilines is 1. The summed E-state index contributed by atoms with van der Waals surface area (Å²) in [6, 6.07) is 15.1. The minimum atomic E-state index is -3.71. The first-order valence-electron chi connectivity index (χ1n) is 11.7. The summed E-state index contributed by atoms with van der Waals surface area (Å²) >= 11 is 0. The van der Waals surface area contributed by atoms with Crippen LogP contribution in [0.5, 0.6) is 11.5 Å². The zero-order chi connectivity index (χ0) is 25.5. The number of hydrogen-bond acceptors (Lipinski definition) is 6. The van der Waals surface area contributed by atoms with Crippen LogP contribution in [0.1, 0.15) is 36.4 Å². The lowest BCUT2D eigenvalue weighted by Crippen LogP contribution is -2.38. The van der Waals surface area contributed by atoms with E-state index in [-0.39, 0.29) is 16.8 Å². The lowest BCUT2D eigenvalue weighted by molar-refractivity contribution is -0.111. The highest BCUT2D eigenvalue weighted by Crippen LogP contribution is 2.35. The van der Waals surface area contributed by atoms with Crippen molar-refractivity contribution >= 4 is 27.7 Å². The molecule has 1 aliphatic heterocycles. The number of benzene rings is 2. The van der Waals surface area contributed by atoms with Gasteiger partial charge in [0.25, 0.3) is 0 Å². The molecule has 1 fully saturated rings. The van der Waals surface area contributed by atoms with Crippen LogP contribution >= 0.6 is 0 Å². The Bertz CT molecular complexity index is 1330. The van der Waals surface area contributed by atoms with E-state index in [1.165, 1.54) is 18.2 Å². The van der Waals surface area contributed by atoms with Gasteiger partial charge >= 0.3 is 0 Å². The van der Waals surface area contributed by atoms with E-state index in [4.69, 9.17) is 9.47 Å². The number of amides is 1. The topological polar surface area (TPSA) is 97.8 Å². The molecular formula is C27H29N3O5S. The molecule has 1 N–H and O–H groups in total. The Kier molecular flexibility index (Phi) is 8.02. The number of methoxy groups -OCH3 is 2. The van der Waals surface area contributed by atoms with Gasteiger partial charge in [0.05, 0.1) is 25.2 Å². The monoisotopic (exact) mass is 507 g/mol. The Morgan fingerprint density at radius 2 is 1.83 bits per heavy atom. The normalized spacial score (nSPS) is 16.6. The molecule has 4 rings (SSSR count). The van der Waals surface area contributed by atoms with Crippen molar-refractivity contribution in [1.29, 1.82) is 0 Å². The van der Waals surface area contributed by atoms with Crippen molar-refractivity contribution in [1.82, 2.24) is 9.29 Å². The van der Waals surface area contributed by atoms with Crippen LogP contribution in [0.4, 0.5) is 5.69 Å². The highest BCUT2D eigenvalue weighted by molar-refractivity contribution is 7.89.